The van der Waals surface area contributed by atoms with Gasteiger partial charge >= 0.3 is 0 Å². The Balaban J connectivity index is 1.33. The van der Waals surface area contributed by atoms with Crippen molar-refractivity contribution in [1.82, 2.24) is 0 Å². The van der Waals surface area contributed by atoms with Gasteiger partial charge in [-0.2, -0.15) is 0 Å². The summed E-state index contributed by atoms with van der Waals surface area (Å²) in [6, 6.07) is 20.3. The van der Waals surface area contributed by atoms with E-state index in [0.717, 1.165) is 18.8 Å². The molecule has 1 aliphatic heterocycles. The van der Waals surface area contributed by atoms with Crippen LogP contribution < -0.4 is 14.8 Å². The number of aromatic hydroxyl groups is 1. The minimum atomic E-state index is 0.281. The molecule has 0 aliphatic carbocycles. The number of aromatic nitrogens is 1. The number of hydrogen-bond donors (Lipinski definition) is 2. The first kappa shape index (κ1) is 17.4. The number of benzene rings is 2. The van der Waals surface area contributed by atoms with E-state index in [1.807, 2.05) is 12.1 Å². The molecule has 0 atom stereocenters. The molecule has 138 valence electrons. The van der Waals surface area contributed by atoms with Gasteiger partial charge in [0.15, 0.2) is 18.9 Å². The van der Waals surface area contributed by atoms with Crippen LogP contribution in [0.15, 0.2) is 73.1 Å². The molecule has 2 N–H and O–H groups in total. The van der Waals surface area contributed by atoms with Gasteiger partial charge in [0.1, 0.15) is 5.75 Å². The van der Waals surface area contributed by atoms with Gasteiger partial charge in [-0.1, -0.05) is 30.3 Å². The van der Waals surface area contributed by atoms with Crippen LogP contribution in [0.3, 0.4) is 0 Å². The van der Waals surface area contributed by atoms with E-state index in [2.05, 4.69) is 63.6 Å². The molecule has 4 heteroatoms. The molecule has 1 fully saturated rings. The quantitative estimate of drug-likeness (QED) is 0.654. The molecular formula is C23H26N3O+. The Bertz CT molecular complexity index is 869. The molecule has 1 saturated heterocycles. The molecule has 1 aliphatic rings. The maximum atomic E-state index is 9.52. The zero-order valence-electron chi connectivity index (χ0n) is 15.5. The van der Waals surface area contributed by atoms with Gasteiger partial charge < -0.3 is 15.3 Å². The van der Waals surface area contributed by atoms with Crippen molar-refractivity contribution in [2.75, 3.05) is 23.3 Å². The first-order chi connectivity index (χ1) is 13.3. The van der Waals surface area contributed by atoms with Gasteiger partial charge in [-0.05, 0) is 30.5 Å². The Labute approximate surface area is 160 Å². The van der Waals surface area contributed by atoms with Crippen molar-refractivity contribution in [2.45, 2.75) is 25.9 Å². The third-order valence-corrected chi connectivity index (χ3v) is 5.08. The van der Waals surface area contributed by atoms with Gasteiger partial charge in [-0.3, -0.25) is 0 Å². The largest absolute Gasteiger partial charge is 0.508 e. The van der Waals surface area contributed by atoms with Crippen LogP contribution >= 0.6 is 0 Å². The van der Waals surface area contributed by atoms with E-state index in [1.54, 1.807) is 12.1 Å². The maximum absolute atomic E-state index is 9.52. The van der Waals surface area contributed by atoms with E-state index in [0.29, 0.717) is 0 Å². The van der Waals surface area contributed by atoms with Crippen LogP contribution in [-0.2, 0) is 13.1 Å². The van der Waals surface area contributed by atoms with Crippen molar-refractivity contribution in [3.8, 4) is 5.75 Å². The summed E-state index contributed by atoms with van der Waals surface area (Å²) in [6.07, 6.45) is 6.96. The summed E-state index contributed by atoms with van der Waals surface area (Å²) >= 11 is 0. The van der Waals surface area contributed by atoms with Crippen LogP contribution in [0, 0.1) is 0 Å². The van der Waals surface area contributed by atoms with Crippen molar-refractivity contribution in [2.24, 2.45) is 0 Å². The second-order valence-corrected chi connectivity index (χ2v) is 7.14. The van der Waals surface area contributed by atoms with Gasteiger partial charge in [0.05, 0.1) is 0 Å². The first-order valence-corrected chi connectivity index (χ1v) is 9.61. The first-order valence-electron chi connectivity index (χ1n) is 9.61. The number of phenolic OH excluding ortho intramolecular Hbond substituents is 1. The predicted molar refractivity (Wildman–Crippen MR) is 109 cm³/mol. The van der Waals surface area contributed by atoms with Gasteiger partial charge in [0, 0.05) is 54.8 Å². The molecule has 4 nitrogen and oxygen atoms in total. The SMILES string of the molecule is Oc1cccc(NCc2ccc(C[n+]3ccc(N4CCCC4)cc3)cc2)c1. The lowest BCUT2D eigenvalue weighted by Gasteiger charge is -2.16. The molecule has 4 rings (SSSR count). The molecule has 0 radical (unpaired) electrons. The molecule has 2 aromatic carbocycles. The van der Waals surface area contributed by atoms with E-state index in [9.17, 15) is 5.11 Å². The van der Waals surface area contributed by atoms with Crippen molar-refractivity contribution in [3.05, 3.63) is 84.2 Å². The van der Waals surface area contributed by atoms with Gasteiger partial charge in [0.25, 0.3) is 0 Å². The summed E-state index contributed by atoms with van der Waals surface area (Å²) in [7, 11) is 0. The van der Waals surface area contributed by atoms with Crippen molar-refractivity contribution in [3.63, 3.8) is 0 Å². The maximum Gasteiger partial charge on any atom is 0.173 e. The molecule has 1 aromatic heterocycles. The molecule has 3 aromatic rings. The molecule has 2 heterocycles. The van der Waals surface area contributed by atoms with Crippen molar-refractivity contribution >= 4 is 11.4 Å². The van der Waals surface area contributed by atoms with Gasteiger partial charge in [-0.25, -0.2) is 4.57 Å². The Kier molecular flexibility index (Phi) is 5.24. The smallest absolute Gasteiger partial charge is 0.173 e. The monoisotopic (exact) mass is 360 g/mol. The number of anilines is 2. The lowest BCUT2D eigenvalue weighted by atomic mass is 10.1. The molecule has 27 heavy (non-hydrogen) atoms. The number of nitrogens with zero attached hydrogens (tertiary/aromatic N) is 2. The second kappa shape index (κ2) is 8.12. The van der Waals surface area contributed by atoms with Crippen LogP contribution in [0.2, 0.25) is 0 Å². The summed E-state index contributed by atoms with van der Waals surface area (Å²) in [5.74, 6) is 0.281. The highest BCUT2D eigenvalue weighted by Crippen LogP contribution is 2.18. The van der Waals surface area contributed by atoms with Crippen LogP contribution in [-0.4, -0.2) is 18.2 Å². The lowest BCUT2D eigenvalue weighted by Crippen LogP contribution is -2.33. The standard InChI is InChI=1S/C23H25N3O/c27-23-5-3-4-21(16-23)24-17-19-6-8-20(9-7-19)18-25-14-10-22(11-15-25)26-12-1-2-13-26/h3-11,14-16,24H,1-2,12-13,17-18H2/p+1. The average molecular weight is 360 g/mol. The highest BCUT2D eigenvalue weighted by atomic mass is 16.3. The predicted octanol–water partition coefficient (Wildman–Crippen LogP) is 3.94. The van der Waals surface area contributed by atoms with Crippen LogP contribution in [0.4, 0.5) is 11.4 Å². The summed E-state index contributed by atoms with van der Waals surface area (Å²) in [5, 5.41) is 12.9. The number of phenols is 1. The van der Waals surface area contributed by atoms with Gasteiger partial charge in [-0.15, -0.1) is 0 Å². The number of pyridine rings is 1. The summed E-state index contributed by atoms with van der Waals surface area (Å²) in [5.41, 5.74) is 4.76. The average Bonchev–Trinajstić information content (AvgIpc) is 3.23. The minimum Gasteiger partial charge on any atom is -0.508 e. The Morgan fingerprint density at radius 3 is 2.30 bits per heavy atom. The fraction of sp³-hybridized carbons (Fsp3) is 0.261. The lowest BCUT2D eigenvalue weighted by molar-refractivity contribution is -0.688. The van der Waals surface area contributed by atoms with Gasteiger partial charge in [0.2, 0.25) is 0 Å². The fourth-order valence-corrected chi connectivity index (χ4v) is 3.53. The Morgan fingerprint density at radius 1 is 0.889 bits per heavy atom. The Hall–Kier alpha value is -3.01. The van der Waals surface area contributed by atoms with E-state index >= 15 is 0 Å². The Morgan fingerprint density at radius 2 is 1.59 bits per heavy atom. The summed E-state index contributed by atoms with van der Waals surface area (Å²) in [6.45, 7) is 3.98. The number of rotatable bonds is 6. The zero-order valence-corrected chi connectivity index (χ0v) is 15.5. The normalized spacial score (nSPS) is 13.7. The summed E-state index contributed by atoms with van der Waals surface area (Å²) in [4.78, 5) is 2.46. The topological polar surface area (TPSA) is 39.4 Å². The third kappa shape index (κ3) is 4.59. The highest BCUT2D eigenvalue weighted by molar-refractivity contribution is 5.48. The number of hydrogen-bond acceptors (Lipinski definition) is 3. The van der Waals surface area contributed by atoms with Crippen molar-refractivity contribution < 1.29 is 9.67 Å². The molecule has 0 bridgehead atoms. The molecule has 0 unspecified atom stereocenters. The van der Waals surface area contributed by atoms with Crippen molar-refractivity contribution in [1.29, 1.82) is 0 Å². The van der Waals surface area contributed by atoms with E-state index in [-0.39, 0.29) is 5.75 Å². The van der Waals surface area contributed by atoms with Crippen LogP contribution in [0.25, 0.3) is 0 Å². The fourth-order valence-electron chi connectivity index (χ4n) is 3.53. The molecule has 0 saturated carbocycles. The number of nitrogens with one attached hydrogen (secondary N) is 1. The van der Waals surface area contributed by atoms with Crippen LogP contribution in [0.5, 0.6) is 5.75 Å². The molecular weight excluding hydrogens is 334 g/mol. The molecule has 0 amide bonds. The zero-order chi connectivity index (χ0) is 18.5. The van der Waals surface area contributed by atoms with E-state index in [1.165, 1.54) is 42.7 Å². The third-order valence-electron chi connectivity index (χ3n) is 5.08. The van der Waals surface area contributed by atoms with E-state index in [4.69, 9.17) is 0 Å². The minimum absolute atomic E-state index is 0.281. The molecule has 0 spiro atoms. The highest BCUT2D eigenvalue weighted by Gasteiger charge is 2.13. The van der Waals surface area contributed by atoms with Crippen LogP contribution in [0.1, 0.15) is 24.0 Å². The summed E-state index contributed by atoms with van der Waals surface area (Å²) < 4.78 is 2.22. The van der Waals surface area contributed by atoms with E-state index < -0.39 is 0 Å². The second-order valence-electron chi connectivity index (χ2n) is 7.14.